The summed E-state index contributed by atoms with van der Waals surface area (Å²) in [6.07, 6.45) is -0.240. The van der Waals surface area contributed by atoms with Gasteiger partial charge >= 0.3 is 0 Å². The number of aliphatic hydroxyl groups excluding tert-OH is 3. The number of hydrogen-bond acceptors (Lipinski definition) is 7. The van der Waals surface area contributed by atoms with Crippen LogP contribution in [-0.4, -0.2) is 69.7 Å². The lowest BCUT2D eigenvalue weighted by atomic mass is 9.45. The average Bonchev–Trinajstić information content (AvgIpc) is 2.97. The van der Waals surface area contributed by atoms with Gasteiger partial charge in [-0.25, -0.2) is 0 Å². The van der Waals surface area contributed by atoms with Crippen LogP contribution in [0, 0.1) is 40.9 Å². The number of carbonyl (C=O) groups excluding carboxylic acids is 2. The monoisotopic (exact) mass is 591 g/mol. The lowest BCUT2D eigenvalue weighted by molar-refractivity contribution is -0.139. The summed E-state index contributed by atoms with van der Waals surface area (Å²) in [7, 11) is 0. The molecule has 2 aromatic rings. The number of rotatable bonds is 11. The van der Waals surface area contributed by atoms with Crippen molar-refractivity contribution in [2.75, 3.05) is 13.2 Å². The normalized spacial score (nSPS) is 24.7. The summed E-state index contributed by atoms with van der Waals surface area (Å²) >= 11 is 0. The standard InChI is InChI=1S/C34H45N3O6/c1-20-27-16-25(34(27,3)4)17-28(20)37-33(43)31(30(21(2)39)29(41)19-38)36-18-23-8-5-7-22(15-23)9-6-14-35-32(42)24-10-12-26(40)13-11-24/h5,7-8,10-13,15,20-21,25,27-31,36,38-41H,14,16-19H2,1-4H3,(H,35,42)(H,37,43)/t20-,21-,25+,27-,28?,29-,30+,31?/m0/s1. The summed E-state index contributed by atoms with van der Waals surface area (Å²) in [5.74, 6) is 5.96. The van der Waals surface area contributed by atoms with Gasteiger partial charge in [0.15, 0.2) is 0 Å². The fourth-order valence-electron chi connectivity index (χ4n) is 6.93. The Bertz CT molecular complexity index is 1330. The lowest BCUT2D eigenvalue weighted by Crippen LogP contribution is -2.63. The van der Waals surface area contributed by atoms with Gasteiger partial charge in [0.25, 0.3) is 5.91 Å². The maximum Gasteiger partial charge on any atom is 0.252 e. The van der Waals surface area contributed by atoms with Gasteiger partial charge in [-0.1, -0.05) is 44.7 Å². The Kier molecular flexibility index (Phi) is 10.5. The number of phenolic OH excluding ortho intramolecular Hbond substituents is 1. The second-order valence-electron chi connectivity index (χ2n) is 12.7. The molecule has 0 aromatic heterocycles. The van der Waals surface area contributed by atoms with Gasteiger partial charge in [-0.3, -0.25) is 9.59 Å². The highest BCUT2D eigenvalue weighted by Crippen LogP contribution is 2.61. The minimum absolute atomic E-state index is 0.0163. The zero-order valence-electron chi connectivity index (χ0n) is 25.4. The Balaban J connectivity index is 1.40. The average molecular weight is 592 g/mol. The first kappa shape index (κ1) is 32.5. The van der Waals surface area contributed by atoms with Gasteiger partial charge in [0.05, 0.1) is 31.4 Å². The molecule has 8 atom stereocenters. The SMILES string of the molecule is C[C@H](O)[C@@H](C(NCc1cccc(C#CCNC(=O)c2ccc(O)cc2)c1)C(=O)NC1C[C@H]2C[C@@H]([C@@H]1C)C2(C)C)[C@@H](O)CO. The molecule has 232 valence electrons. The van der Waals surface area contributed by atoms with E-state index in [4.69, 9.17) is 0 Å². The van der Waals surface area contributed by atoms with Crippen LogP contribution in [0.25, 0.3) is 0 Å². The summed E-state index contributed by atoms with van der Waals surface area (Å²) in [5, 5.41) is 49.4. The zero-order chi connectivity index (χ0) is 31.3. The smallest absolute Gasteiger partial charge is 0.252 e. The Morgan fingerprint density at radius 2 is 1.81 bits per heavy atom. The van der Waals surface area contributed by atoms with Crippen LogP contribution in [0.3, 0.4) is 0 Å². The Labute approximate surface area is 254 Å². The molecular weight excluding hydrogens is 546 g/mol. The van der Waals surface area contributed by atoms with E-state index in [1.165, 1.54) is 37.6 Å². The number of phenols is 1. The van der Waals surface area contributed by atoms with Crippen LogP contribution in [0.15, 0.2) is 48.5 Å². The van der Waals surface area contributed by atoms with Crippen molar-refractivity contribution >= 4 is 11.8 Å². The summed E-state index contributed by atoms with van der Waals surface area (Å²) in [4.78, 5) is 25.9. The first-order valence-electron chi connectivity index (χ1n) is 15.1. The Morgan fingerprint density at radius 1 is 1.09 bits per heavy atom. The van der Waals surface area contributed by atoms with Crippen LogP contribution in [0.2, 0.25) is 0 Å². The third kappa shape index (κ3) is 7.57. The number of nitrogens with one attached hydrogen (secondary N) is 3. The molecule has 2 bridgehead atoms. The molecule has 9 nitrogen and oxygen atoms in total. The van der Waals surface area contributed by atoms with Gasteiger partial charge in [0.2, 0.25) is 5.91 Å². The van der Waals surface area contributed by atoms with Gasteiger partial charge in [-0.15, -0.1) is 0 Å². The van der Waals surface area contributed by atoms with E-state index >= 15 is 0 Å². The molecule has 5 rings (SSSR count). The van der Waals surface area contributed by atoms with E-state index < -0.39 is 30.8 Å². The predicted molar refractivity (Wildman–Crippen MR) is 164 cm³/mol. The minimum atomic E-state index is -1.28. The fourth-order valence-corrected chi connectivity index (χ4v) is 6.93. The highest BCUT2D eigenvalue weighted by Gasteiger charge is 2.56. The molecule has 7 N–H and O–H groups in total. The molecule has 2 aromatic carbocycles. The molecule has 3 aliphatic carbocycles. The van der Waals surface area contributed by atoms with Crippen molar-refractivity contribution < 1.29 is 30.0 Å². The van der Waals surface area contributed by atoms with Crippen molar-refractivity contribution in [2.24, 2.45) is 29.1 Å². The van der Waals surface area contributed by atoms with E-state index in [1.54, 1.807) is 0 Å². The quantitative estimate of drug-likeness (QED) is 0.198. The van der Waals surface area contributed by atoms with Gasteiger partial charge in [-0.05, 0) is 84.9 Å². The molecule has 3 saturated carbocycles. The molecule has 0 saturated heterocycles. The van der Waals surface area contributed by atoms with Crippen LogP contribution in [0.1, 0.15) is 62.0 Å². The van der Waals surface area contributed by atoms with Crippen molar-refractivity contribution in [1.82, 2.24) is 16.0 Å². The van der Waals surface area contributed by atoms with Crippen LogP contribution in [-0.2, 0) is 11.3 Å². The van der Waals surface area contributed by atoms with Crippen molar-refractivity contribution in [1.29, 1.82) is 0 Å². The van der Waals surface area contributed by atoms with Gasteiger partial charge in [-0.2, -0.15) is 0 Å². The van der Waals surface area contributed by atoms with Crippen LogP contribution >= 0.6 is 0 Å². The van der Waals surface area contributed by atoms with Gasteiger partial charge < -0.3 is 36.4 Å². The van der Waals surface area contributed by atoms with Crippen molar-refractivity contribution in [2.45, 2.75) is 71.4 Å². The summed E-state index contributed by atoms with van der Waals surface area (Å²) in [5.41, 5.74) is 2.26. The van der Waals surface area contributed by atoms with E-state index in [0.29, 0.717) is 23.3 Å². The number of aliphatic hydroxyl groups is 3. The zero-order valence-corrected chi connectivity index (χ0v) is 25.4. The third-order valence-electron chi connectivity index (χ3n) is 9.69. The summed E-state index contributed by atoms with van der Waals surface area (Å²) in [6, 6.07) is 12.5. The number of aromatic hydroxyl groups is 1. The maximum absolute atomic E-state index is 13.7. The van der Waals surface area contributed by atoms with Crippen LogP contribution in [0.4, 0.5) is 0 Å². The number of benzene rings is 2. The van der Waals surface area contributed by atoms with Gasteiger partial charge in [0, 0.05) is 29.6 Å². The first-order valence-corrected chi connectivity index (χ1v) is 15.1. The molecular formula is C34H45N3O6. The maximum atomic E-state index is 13.7. The number of fused-ring (bicyclic) bond motifs is 2. The van der Waals surface area contributed by atoms with Crippen molar-refractivity contribution in [3.63, 3.8) is 0 Å². The fraction of sp³-hybridized carbons (Fsp3) is 0.529. The van der Waals surface area contributed by atoms with E-state index in [2.05, 4.69) is 48.6 Å². The van der Waals surface area contributed by atoms with Crippen molar-refractivity contribution in [3.8, 4) is 17.6 Å². The van der Waals surface area contributed by atoms with Crippen LogP contribution in [0.5, 0.6) is 5.75 Å². The van der Waals surface area contributed by atoms with Gasteiger partial charge in [0.1, 0.15) is 5.75 Å². The molecule has 43 heavy (non-hydrogen) atoms. The molecule has 3 fully saturated rings. The molecule has 0 aliphatic heterocycles. The van der Waals surface area contributed by atoms with E-state index in [9.17, 15) is 30.0 Å². The molecule has 2 amide bonds. The minimum Gasteiger partial charge on any atom is -0.508 e. The highest BCUT2D eigenvalue weighted by atomic mass is 16.3. The lowest BCUT2D eigenvalue weighted by Gasteiger charge is -2.62. The topological polar surface area (TPSA) is 151 Å². The highest BCUT2D eigenvalue weighted by molar-refractivity contribution is 5.94. The van der Waals surface area contributed by atoms with E-state index in [0.717, 1.165) is 17.5 Å². The summed E-state index contributed by atoms with van der Waals surface area (Å²) in [6.45, 7) is 8.14. The molecule has 2 unspecified atom stereocenters. The number of hydrogen-bond donors (Lipinski definition) is 7. The third-order valence-corrected chi connectivity index (χ3v) is 9.69. The second kappa shape index (κ2) is 13.9. The van der Waals surface area contributed by atoms with Crippen molar-refractivity contribution in [3.05, 3.63) is 65.2 Å². The molecule has 0 spiro atoms. The molecule has 3 aliphatic rings. The first-order chi connectivity index (χ1) is 20.4. The largest absolute Gasteiger partial charge is 0.508 e. The number of amides is 2. The Morgan fingerprint density at radius 3 is 2.44 bits per heavy atom. The molecule has 0 radical (unpaired) electrons. The number of carbonyl (C=O) groups is 2. The van der Waals surface area contributed by atoms with E-state index in [1.807, 2.05) is 24.3 Å². The second-order valence-corrected chi connectivity index (χ2v) is 12.7. The van der Waals surface area contributed by atoms with Crippen LogP contribution < -0.4 is 16.0 Å². The van der Waals surface area contributed by atoms with E-state index in [-0.39, 0.29) is 42.1 Å². The molecule has 0 heterocycles. The summed E-state index contributed by atoms with van der Waals surface area (Å²) < 4.78 is 0. The predicted octanol–water partition coefficient (Wildman–Crippen LogP) is 2.17. The molecule has 9 heteroatoms. The Hall–Kier alpha value is -3.42.